The van der Waals surface area contributed by atoms with Gasteiger partial charge in [0.05, 0.1) is 11.0 Å². The maximum atomic E-state index is 11.7. The Balaban J connectivity index is 1.92. The predicted molar refractivity (Wildman–Crippen MR) is 64.9 cm³/mol. The third-order valence-corrected chi connectivity index (χ3v) is 5.30. The fraction of sp³-hybridized carbons (Fsp3) is 0.700. The summed E-state index contributed by atoms with van der Waals surface area (Å²) < 4.78 is 23.1. The molecule has 0 spiro atoms. The number of rotatable bonds is 4. The summed E-state index contributed by atoms with van der Waals surface area (Å²) in [4.78, 5) is 15.7. The van der Waals surface area contributed by atoms with Crippen LogP contribution in [0.25, 0.3) is 0 Å². The van der Waals surface area contributed by atoms with E-state index in [9.17, 15) is 13.2 Å². The molecule has 1 saturated heterocycles. The fourth-order valence-corrected chi connectivity index (χ4v) is 3.69. The Bertz CT molecular complexity index is 537. The van der Waals surface area contributed by atoms with E-state index in [1.807, 2.05) is 6.92 Å². The van der Waals surface area contributed by atoms with Gasteiger partial charge in [-0.2, -0.15) is 0 Å². The molecule has 2 heterocycles. The first-order valence-electron chi connectivity index (χ1n) is 5.94. The highest BCUT2D eigenvalue weighted by molar-refractivity contribution is 7.92. The number of carbonyl (C=O) groups is 1. The van der Waals surface area contributed by atoms with E-state index in [-0.39, 0.29) is 18.1 Å². The van der Waals surface area contributed by atoms with Crippen LogP contribution >= 0.6 is 0 Å². The van der Waals surface area contributed by atoms with Gasteiger partial charge in [-0.1, -0.05) is 6.92 Å². The maximum Gasteiger partial charge on any atom is 0.290 e. The van der Waals surface area contributed by atoms with Gasteiger partial charge in [0.2, 0.25) is 5.82 Å². The quantitative estimate of drug-likeness (QED) is 0.781. The zero-order valence-electron chi connectivity index (χ0n) is 10.1. The zero-order chi connectivity index (χ0) is 13.2. The van der Waals surface area contributed by atoms with E-state index in [0.29, 0.717) is 25.1 Å². The Morgan fingerprint density at radius 3 is 2.89 bits per heavy atom. The number of sulfone groups is 1. The third kappa shape index (κ3) is 2.69. The predicted octanol–water partition coefficient (Wildman–Crippen LogP) is -0.326. The highest BCUT2D eigenvalue weighted by atomic mass is 32.2. The van der Waals surface area contributed by atoms with E-state index >= 15 is 0 Å². The Morgan fingerprint density at radius 2 is 2.33 bits per heavy atom. The number of nitrogens with zero attached hydrogens (tertiary/aromatic N) is 2. The lowest BCUT2D eigenvalue weighted by Gasteiger charge is -2.09. The monoisotopic (exact) mass is 272 g/mol. The zero-order valence-corrected chi connectivity index (χ0v) is 11.0. The van der Waals surface area contributed by atoms with Crippen molar-refractivity contribution in [1.29, 1.82) is 0 Å². The number of aromatic amines is 1. The first kappa shape index (κ1) is 13.0. The van der Waals surface area contributed by atoms with Gasteiger partial charge in [-0.15, -0.1) is 5.10 Å². The molecule has 1 atom stereocenters. The molecule has 8 heteroatoms. The van der Waals surface area contributed by atoms with Crippen molar-refractivity contribution in [2.45, 2.75) is 31.4 Å². The van der Waals surface area contributed by atoms with Gasteiger partial charge in [0.1, 0.15) is 5.82 Å². The van der Waals surface area contributed by atoms with Gasteiger partial charge in [-0.3, -0.25) is 9.89 Å². The number of H-pyrrole nitrogens is 1. The number of hydrogen-bond acceptors (Lipinski definition) is 5. The van der Waals surface area contributed by atoms with Crippen molar-refractivity contribution in [3.63, 3.8) is 0 Å². The highest BCUT2D eigenvalue weighted by Crippen LogP contribution is 2.19. The average Bonchev–Trinajstić information content (AvgIpc) is 2.92. The van der Waals surface area contributed by atoms with Gasteiger partial charge in [-0.05, 0) is 12.8 Å². The Morgan fingerprint density at radius 1 is 1.56 bits per heavy atom. The van der Waals surface area contributed by atoms with Gasteiger partial charge < -0.3 is 5.32 Å². The molecule has 7 nitrogen and oxygen atoms in total. The van der Waals surface area contributed by atoms with Crippen molar-refractivity contribution in [1.82, 2.24) is 20.5 Å². The lowest BCUT2D eigenvalue weighted by Crippen LogP contribution is -2.35. The van der Waals surface area contributed by atoms with Crippen molar-refractivity contribution >= 4 is 15.7 Å². The molecule has 1 aliphatic rings. The van der Waals surface area contributed by atoms with Crippen LogP contribution in [0.2, 0.25) is 0 Å². The summed E-state index contributed by atoms with van der Waals surface area (Å²) in [5.74, 6) is 0.470. The first-order valence-corrected chi connectivity index (χ1v) is 7.65. The van der Waals surface area contributed by atoms with Gasteiger partial charge >= 0.3 is 0 Å². The van der Waals surface area contributed by atoms with Gasteiger partial charge in [-0.25, -0.2) is 13.4 Å². The summed E-state index contributed by atoms with van der Waals surface area (Å²) in [5, 5.41) is 8.52. The molecule has 2 rings (SSSR count). The summed E-state index contributed by atoms with van der Waals surface area (Å²) in [6, 6.07) is 0. The van der Waals surface area contributed by atoms with Crippen molar-refractivity contribution in [2.75, 3.05) is 12.3 Å². The SMILES string of the molecule is CCc1nc(C(=O)NCC2CCCS2(=O)=O)n[nH]1. The Kier molecular flexibility index (Phi) is 3.65. The minimum Gasteiger partial charge on any atom is -0.348 e. The number of carbonyl (C=O) groups excluding carboxylic acids is 1. The minimum atomic E-state index is -3.03. The van der Waals surface area contributed by atoms with Crippen molar-refractivity contribution in [2.24, 2.45) is 0 Å². The third-order valence-electron chi connectivity index (χ3n) is 3.02. The lowest BCUT2D eigenvalue weighted by atomic mass is 10.2. The van der Waals surface area contributed by atoms with Crippen LogP contribution in [0.3, 0.4) is 0 Å². The highest BCUT2D eigenvalue weighted by Gasteiger charge is 2.31. The van der Waals surface area contributed by atoms with Crippen LogP contribution < -0.4 is 5.32 Å². The number of amides is 1. The largest absolute Gasteiger partial charge is 0.348 e. The molecule has 0 bridgehead atoms. The second kappa shape index (κ2) is 5.05. The molecular weight excluding hydrogens is 256 g/mol. The molecule has 18 heavy (non-hydrogen) atoms. The summed E-state index contributed by atoms with van der Waals surface area (Å²) in [5.41, 5.74) is 0. The summed E-state index contributed by atoms with van der Waals surface area (Å²) in [6.07, 6.45) is 1.94. The molecule has 100 valence electrons. The molecule has 2 N–H and O–H groups in total. The summed E-state index contributed by atoms with van der Waals surface area (Å²) >= 11 is 0. The number of aromatic nitrogens is 3. The molecule has 1 aromatic heterocycles. The van der Waals surface area contributed by atoms with Crippen LogP contribution in [-0.4, -0.2) is 47.1 Å². The van der Waals surface area contributed by atoms with E-state index in [4.69, 9.17) is 0 Å². The van der Waals surface area contributed by atoms with Crippen molar-refractivity contribution in [3.05, 3.63) is 11.6 Å². The molecule has 0 radical (unpaired) electrons. The molecule has 0 saturated carbocycles. The molecule has 1 aromatic rings. The molecule has 1 fully saturated rings. The summed E-state index contributed by atoms with van der Waals surface area (Å²) in [6.45, 7) is 2.03. The van der Waals surface area contributed by atoms with Crippen LogP contribution in [-0.2, 0) is 16.3 Å². The Labute approximate surface area is 105 Å². The number of aryl methyl sites for hydroxylation is 1. The van der Waals surface area contributed by atoms with Crippen molar-refractivity contribution < 1.29 is 13.2 Å². The molecule has 1 aliphatic heterocycles. The topological polar surface area (TPSA) is 105 Å². The van der Waals surface area contributed by atoms with Crippen LogP contribution in [0.15, 0.2) is 0 Å². The van der Waals surface area contributed by atoms with E-state index in [0.717, 1.165) is 0 Å². The minimum absolute atomic E-state index is 0.0576. The van der Waals surface area contributed by atoms with E-state index in [2.05, 4.69) is 20.5 Å². The normalized spacial score (nSPS) is 21.9. The van der Waals surface area contributed by atoms with Crippen LogP contribution in [0.1, 0.15) is 36.2 Å². The molecule has 0 aliphatic carbocycles. The fourth-order valence-electron chi connectivity index (χ4n) is 1.93. The van der Waals surface area contributed by atoms with Crippen LogP contribution in [0, 0.1) is 0 Å². The molecule has 1 amide bonds. The van der Waals surface area contributed by atoms with Gasteiger partial charge in [0.25, 0.3) is 5.91 Å². The second-order valence-electron chi connectivity index (χ2n) is 4.30. The van der Waals surface area contributed by atoms with E-state index < -0.39 is 21.0 Å². The van der Waals surface area contributed by atoms with Crippen LogP contribution in [0.4, 0.5) is 0 Å². The lowest BCUT2D eigenvalue weighted by molar-refractivity contribution is 0.0943. The van der Waals surface area contributed by atoms with E-state index in [1.165, 1.54) is 0 Å². The molecular formula is C10H16N4O3S. The van der Waals surface area contributed by atoms with Gasteiger partial charge in [0, 0.05) is 13.0 Å². The van der Waals surface area contributed by atoms with E-state index in [1.54, 1.807) is 0 Å². The Hall–Kier alpha value is -1.44. The maximum absolute atomic E-state index is 11.7. The standard InChI is InChI=1S/C10H16N4O3S/c1-2-8-12-9(14-13-8)10(15)11-6-7-4-3-5-18(7,16)17/h7H,2-6H2,1H3,(H,11,15)(H,12,13,14). The molecule has 0 aromatic carbocycles. The number of hydrogen-bond donors (Lipinski definition) is 2. The second-order valence-corrected chi connectivity index (χ2v) is 6.70. The van der Waals surface area contributed by atoms with Crippen molar-refractivity contribution in [3.8, 4) is 0 Å². The van der Waals surface area contributed by atoms with Crippen LogP contribution in [0.5, 0.6) is 0 Å². The smallest absolute Gasteiger partial charge is 0.290 e. The average molecular weight is 272 g/mol. The molecule has 1 unspecified atom stereocenters. The number of nitrogens with one attached hydrogen (secondary N) is 2. The van der Waals surface area contributed by atoms with Gasteiger partial charge in [0.15, 0.2) is 9.84 Å². The summed E-state index contributed by atoms with van der Waals surface area (Å²) in [7, 11) is -3.03. The first-order chi connectivity index (χ1) is 8.53.